The molecule has 0 heterocycles. The van der Waals surface area contributed by atoms with Crippen LogP contribution >= 0.6 is 0 Å². The molecule has 1 amide bonds. The van der Waals surface area contributed by atoms with Gasteiger partial charge in [0.25, 0.3) is 5.91 Å². The van der Waals surface area contributed by atoms with Crippen molar-refractivity contribution in [2.24, 2.45) is 5.73 Å². The second-order valence-corrected chi connectivity index (χ2v) is 5.51. The number of ether oxygens (including phenoxy) is 2. The Morgan fingerprint density at radius 3 is 2.28 bits per heavy atom. The maximum atomic E-state index is 12.1. The minimum Gasteiger partial charge on any atom is -0.494 e. The Bertz CT molecular complexity index is 697. The minimum absolute atomic E-state index is 0.0171. The molecule has 25 heavy (non-hydrogen) atoms. The van der Waals surface area contributed by atoms with Crippen molar-refractivity contribution in [2.45, 2.75) is 13.0 Å². The lowest BCUT2D eigenvalue weighted by Gasteiger charge is -2.08. The first-order valence-electron chi connectivity index (χ1n) is 8.03. The van der Waals surface area contributed by atoms with E-state index in [2.05, 4.69) is 5.32 Å². The van der Waals surface area contributed by atoms with Crippen LogP contribution in [0, 0.1) is 5.41 Å². The van der Waals surface area contributed by atoms with Gasteiger partial charge in [-0.3, -0.25) is 10.2 Å². The molecular weight excluding hydrogens is 318 g/mol. The van der Waals surface area contributed by atoms with E-state index in [-0.39, 0.29) is 11.7 Å². The van der Waals surface area contributed by atoms with Gasteiger partial charge >= 0.3 is 0 Å². The van der Waals surface area contributed by atoms with Crippen LogP contribution in [0.25, 0.3) is 0 Å². The topological polar surface area (TPSA) is 97.4 Å². The number of amides is 1. The lowest BCUT2D eigenvalue weighted by molar-refractivity contribution is 0.0951. The van der Waals surface area contributed by atoms with Crippen LogP contribution in [0.15, 0.2) is 48.5 Å². The van der Waals surface area contributed by atoms with E-state index >= 15 is 0 Å². The fourth-order valence-corrected chi connectivity index (χ4v) is 2.18. The fraction of sp³-hybridized carbons (Fsp3) is 0.263. The van der Waals surface area contributed by atoms with Crippen LogP contribution in [0.5, 0.6) is 5.75 Å². The van der Waals surface area contributed by atoms with Crippen molar-refractivity contribution in [3.63, 3.8) is 0 Å². The number of methoxy groups -OCH3 is 1. The molecular formula is C19H23N3O3. The number of nitrogen functional groups attached to an aromatic ring is 1. The Morgan fingerprint density at radius 2 is 1.68 bits per heavy atom. The van der Waals surface area contributed by atoms with E-state index in [1.165, 1.54) is 0 Å². The van der Waals surface area contributed by atoms with E-state index < -0.39 is 0 Å². The van der Waals surface area contributed by atoms with E-state index in [1.54, 1.807) is 31.4 Å². The van der Waals surface area contributed by atoms with Crippen molar-refractivity contribution in [3.8, 4) is 5.75 Å². The van der Waals surface area contributed by atoms with Gasteiger partial charge in [-0.25, -0.2) is 0 Å². The number of carbonyl (C=O) groups is 1. The van der Waals surface area contributed by atoms with Gasteiger partial charge in [-0.15, -0.1) is 0 Å². The van der Waals surface area contributed by atoms with Crippen molar-refractivity contribution in [2.75, 3.05) is 20.3 Å². The van der Waals surface area contributed by atoms with Crippen molar-refractivity contribution in [1.29, 1.82) is 5.41 Å². The molecule has 0 aliphatic heterocycles. The highest BCUT2D eigenvalue weighted by Gasteiger charge is 2.06. The first kappa shape index (κ1) is 18.5. The number of nitrogens with one attached hydrogen (secondary N) is 2. The van der Waals surface area contributed by atoms with Crippen LogP contribution in [-0.2, 0) is 11.3 Å². The van der Waals surface area contributed by atoms with Crippen LogP contribution in [-0.4, -0.2) is 32.1 Å². The number of amidine groups is 1. The standard InChI is InChI=1S/C19H23N3O3/c1-24-11-2-12-25-17-9-3-14(4-10-17)13-22-19(23)16-7-5-15(6-8-16)18(20)21/h3-10H,2,11-13H2,1H3,(H3,20,21)(H,22,23). The van der Waals surface area contributed by atoms with Gasteiger partial charge in [-0.1, -0.05) is 24.3 Å². The van der Waals surface area contributed by atoms with Crippen LogP contribution < -0.4 is 15.8 Å². The van der Waals surface area contributed by atoms with Gasteiger partial charge in [0, 0.05) is 37.8 Å². The predicted molar refractivity (Wildman–Crippen MR) is 97.1 cm³/mol. The highest BCUT2D eigenvalue weighted by Crippen LogP contribution is 2.12. The quantitative estimate of drug-likeness (QED) is 0.370. The molecule has 0 saturated carbocycles. The summed E-state index contributed by atoms with van der Waals surface area (Å²) in [5, 5.41) is 10.2. The highest BCUT2D eigenvalue weighted by molar-refractivity contribution is 5.98. The SMILES string of the molecule is COCCCOc1ccc(CNC(=O)c2ccc(C(=N)N)cc2)cc1. The molecule has 2 aromatic carbocycles. The van der Waals surface area contributed by atoms with Gasteiger partial charge in [0.05, 0.1) is 6.61 Å². The summed E-state index contributed by atoms with van der Waals surface area (Å²) in [5.41, 5.74) is 7.51. The molecule has 0 spiro atoms. The van der Waals surface area contributed by atoms with Gasteiger partial charge in [-0.2, -0.15) is 0 Å². The van der Waals surface area contributed by atoms with Crippen molar-refractivity contribution < 1.29 is 14.3 Å². The van der Waals surface area contributed by atoms with E-state index in [0.29, 0.717) is 30.9 Å². The number of hydrogen-bond acceptors (Lipinski definition) is 4. The molecule has 4 N–H and O–H groups in total. The van der Waals surface area contributed by atoms with Gasteiger partial charge in [0.15, 0.2) is 0 Å². The Balaban J connectivity index is 1.82. The Labute approximate surface area is 147 Å². The minimum atomic E-state index is -0.171. The van der Waals surface area contributed by atoms with Crippen molar-refractivity contribution in [3.05, 3.63) is 65.2 Å². The zero-order valence-electron chi connectivity index (χ0n) is 14.2. The molecule has 0 aliphatic carbocycles. The molecule has 0 saturated heterocycles. The molecule has 0 aromatic heterocycles. The smallest absolute Gasteiger partial charge is 0.251 e. The molecule has 0 atom stereocenters. The van der Waals surface area contributed by atoms with E-state index in [9.17, 15) is 4.79 Å². The van der Waals surface area contributed by atoms with Crippen molar-refractivity contribution >= 4 is 11.7 Å². The maximum Gasteiger partial charge on any atom is 0.251 e. The summed E-state index contributed by atoms with van der Waals surface area (Å²) in [6, 6.07) is 14.2. The fourth-order valence-electron chi connectivity index (χ4n) is 2.18. The highest BCUT2D eigenvalue weighted by atomic mass is 16.5. The molecule has 0 unspecified atom stereocenters. The molecule has 132 valence electrons. The molecule has 0 fully saturated rings. The summed E-state index contributed by atoms with van der Waals surface area (Å²) in [7, 11) is 1.67. The number of rotatable bonds is 9. The van der Waals surface area contributed by atoms with E-state index in [4.69, 9.17) is 20.6 Å². The second kappa shape index (κ2) is 9.44. The normalized spacial score (nSPS) is 10.3. The predicted octanol–water partition coefficient (Wildman–Crippen LogP) is 2.32. The monoisotopic (exact) mass is 341 g/mol. The number of benzene rings is 2. The Kier molecular flexibility index (Phi) is 6.98. The van der Waals surface area contributed by atoms with E-state index in [1.807, 2.05) is 24.3 Å². The first-order valence-corrected chi connectivity index (χ1v) is 8.03. The van der Waals surface area contributed by atoms with Gasteiger partial charge in [-0.05, 0) is 29.8 Å². The number of carbonyl (C=O) groups excluding carboxylic acids is 1. The zero-order chi connectivity index (χ0) is 18.1. The average Bonchev–Trinajstić information content (AvgIpc) is 2.64. The van der Waals surface area contributed by atoms with Crippen LogP contribution in [0.4, 0.5) is 0 Å². The lowest BCUT2D eigenvalue weighted by atomic mass is 10.1. The summed E-state index contributed by atoms with van der Waals surface area (Å²) in [4.78, 5) is 12.1. The molecule has 6 nitrogen and oxygen atoms in total. The summed E-state index contributed by atoms with van der Waals surface area (Å²) < 4.78 is 10.6. The number of hydrogen-bond donors (Lipinski definition) is 3. The molecule has 0 bridgehead atoms. The van der Waals surface area contributed by atoms with Crippen LogP contribution in [0.2, 0.25) is 0 Å². The summed E-state index contributed by atoms with van der Waals surface area (Å²) >= 11 is 0. The second-order valence-electron chi connectivity index (χ2n) is 5.51. The lowest BCUT2D eigenvalue weighted by Crippen LogP contribution is -2.23. The van der Waals surface area contributed by atoms with Crippen LogP contribution in [0.3, 0.4) is 0 Å². The third-order valence-corrected chi connectivity index (χ3v) is 3.60. The molecule has 0 aliphatic rings. The van der Waals surface area contributed by atoms with E-state index in [0.717, 1.165) is 17.7 Å². The van der Waals surface area contributed by atoms with Crippen LogP contribution in [0.1, 0.15) is 27.9 Å². The molecule has 2 aromatic rings. The summed E-state index contributed by atoms with van der Waals surface area (Å²) in [6.45, 7) is 1.72. The van der Waals surface area contributed by atoms with Gasteiger partial charge < -0.3 is 20.5 Å². The third-order valence-electron chi connectivity index (χ3n) is 3.60. The van der Waals surface area contributed by atoms with Crippen molar-refractivity contribution in [1.82, 2.24) is 5.32 Å². The Morgan fingerprint density at radius 1 is 1.04 bits per heavy atom. The molecule has 0 radical (unpaired) electrons. The Hall–Kier alpha value is -2.86. The summed E-state index contributed by atoms with van der Waals surface area (Å²) in [6.07, 6.45) is 0.844. The first-order chi connectivity index (χ1) is 12.1. The number of nitrogens with two attached hydrogens (primary N) is 1. The van der Waals surface area contributed by atoms with Gasteiger partial charge in [0.2, 0.25) is 0 Å². The third kappa shape index (κ3) is 5.93. The summed E-state index contributed by atoms with van der Waals surface area (Å²) in [5.74, 6) is 0.609. The van der Waals surface area contributed by atoms with Gasteiger partial charge in [0.1, 0.15) is 11.6 Å². The molecule has 6 heteroatoms. The largest absolute Gasteiger partial charge is 0.494 e. The maximum absolute atomic E-state index is 12.1. The zero-order valence-corrected chi connectivity index (χ0v) is 14.2. The molecule has 2 rings (SSSR count). The average molecular weight is 341 g/mol.